The zero-order valence-corrected chi connectivity index (χ0v) is 14.7. The van der Waals surface area contributed by atoms with Gasteiger partial charge in [-0.15, -0.1) is 0 Å². The number of rotatable bonds is 5. The van der Waals surface area contributed by atoms with E-state index < -0.39 is 0 Å². The van der Waals surface area contributed by atoms with E-state index in [9.17, 15) is 4.79 Å². The lowest BCUT2D eigenvalue weighted by Crippen LogP contribution is -2.04. The molecule has 132 valence electrons. The largest absolute Gasteiger partial charge is 0.497 e. The number of H-pyrrole nitrogens is 1. The number of aromatic nitrogens is 3. The monoisotopic (exact) mass is 355 g/mol. The fourth-order valence-corrected chi connectivity index (χ4v) is 2.85. The van der Waals surface area contributed by atoms with Crippen LogP contribution in [0.15, 0.2) is 73.1 Å². The molecule has 5 heteroatoms. The van der Waals surface area contributed by atoms with E-state index in [0.717, 1.165) is 16.6 Å². The van der Waals surface area contributed by atoms with Gasteiger partial charge in [0.2, 0.25) is 0 Å². The van der Waals surface area contributed by atoms with Crippen LogP contribution in [0.5, 0.6) is 5.75 Å². The summed E-state index contributed by atoms with van der Waals surface area (Å²) in [4.78, 5) is 25.2. The summed E-state index contributed by atoms with van der Waals surface area (Å²) in [6.45, 7) is 0. The van der Waals surface area contributed by atoms with E-state index in [4.69, 9.17) is 4.74 Å². The van der Waals surface area contributed by atoms with E-state index in [1.54, 1.807) is 49.8 Å². The number of nitrogens with one attached hydrogen (secondary N) is 1. The number of aromatic amines is 1. The van der Waals surface area contributed by atoms with Crippen molar-refractivity contribution in [3.05, 3.63) is 90.0 Å². The molecular formula is C22H17N3O2. The molecule has 4 aromatic rings. The summed E-state index contributed by atoms with van der Waals surface area (Å²) in [6, 6.07) is 18.5. The second-order valence-corrected chi connectivity index (χ2v) is 6.00. The van der Waals surface area contributed by atoms with E-state index in [1.807, 2.05) is 36.4 Å². The number of nitrogens with zero attached hydrogens (tertiary/aromatic N) is 2. The number of fused-ring (bicyclic) bond motifs is 1. The summed E-state index contributed by atoms with van der Waals surface area (Å²) >= 11 is 0. The van der Waals surface area contributed by atoms with Crippen LogP contribution in [0.3, 0.4) is 0 Å². The molecule has 0 unspecified atom stereocenters. The second kappa shape index (κ2) is 7.25. The maximum Gasteiger partial charge on any atom is 0.196 e. The molecule has 2 aromatic carbocycles. The predicted octanol–water partition coefficient (Wildman–Crippen LogP) is 4.39. The van der Waals surface area contributed by atoms with Crippen LogP contribution in [-0.2, 0) is 0 Å². The van der Waals surface area contributed by atoms with Gasteiger partial charge in [-0.2, -0.15) is 0 Å². The van der Waals surface area contributed by atoms with Crippen molar-refractivity contribution in [2.24, 2.45) is 0 Å². The minimum absolute atomic E-state index is 0.124. The third-order valence-electron chi connectivity index (χ3n) is 4.24. The lowest BCUT2D eigenvalue weighted by atomic mass is 10.0. The van der Waals surface area contributed by atoms with Crippen LogP contribution < -0.4 is 4.74 Å². The number of benzene rings is 2. The molecule has 0 aliphatic heterocycles. The molecule has 0 radical (unpaired) electrons. The van der Waals surface area contributed by atoms with Crippen LogP contribution in [0, 0.1) is 0 Å². The number of para-hydroxylation sites is 2. The van der Waals surface area contributed by atoms with Crippen molar-refractivity contribution in [2.75, 3.05) is 7.11 Å². The first-order chi connectivity index (χ1) is 13.2. The highest BCUT2D eigenvalue weighted by Crippen LogP contribution is 2.24. The molecule has 0 spiro atoms. The van der Waals surface area contributed by atoms with Crippen LogP contribution in [0.4, 0.5) is 0 Å². The minimum Gasteiger partial charge on any atom is -0.497 e. The van der Waals surface area contributed by atoms with E-state index in [-0.39, 0.29) is 5.78 Å². The molecule has 0 saturated carbocycles. The highest BCUT2D eigenvalue weighted by Gasteiger charge is 2.18. The van der Waals surface area contributed by atoms with Crippen LogP contribution in [0.1, 0.15) is 21.7 Å². The van der Waals surface area contributed by atoms with Gasteiger partial charge < -0.3 is 9.72 Å². The Morgan fingerprint density at radius 3 is 2.56 bits per heavy atom. The van der Waals surface area contributed by atoms with Crippen molar-refractivity contribution < 1.29 is 9.53 Å². The van der Waals surface area contributed by atoms with Gasteiger partial charge in [0.05, 0.1) is 23.7 Å². The molecule has 0 aliphatic rings. The van der Waals surface area contributed by atoms with Gasteiger partial charge in [-0.25, -0.2) is 4.98 Å². The van der Waals surface area contributed by atoms with Crippen LogP contribution in [0.25, 0.3) is 22.7 Å². The summed E-state index contributed by atoms with van der Waals surface area (Å²) in [5, 5.41) is 0. The number of pyridine rings is 1. The Balaban J connectivity index is 1.82. The molecule has 2 heterocycles. The molecule has 2 aromatic heterocycles. The zero-order chi connectivity index (χ0) is 18.6. The number of imidazole rings is 1. The third kappa shape index (κ3) is 3.48. The number of methoxy groups -OCH3 is 1. The topological polar surface area (TPSA) is 67.9 Å². The van der Waals surface area contributed by atoms with Crippen molar-refractivity contribution in [1.82, 2.24) is 15.0 Å². The third-order valence-corrected chi connectivity index (χ3v) is 4.24. The van der Waals surface area contributed by atoms with Crippen molar-refractivity contribution in [2.45, 2.75) is 0 Å². The molecule has 0 saturated heterocycles. The fraction of sp³-hybridized carbons (Fsp3) is 0.0455. The molecular weight excluding hydrogens is 338 g/mol. The molecule has 0 bridgehead atoms. The molecule has 0 aliphatic carbocycles. The average molecular weight is 355 g/mol. The predicted molar refractivity (Wildman–Crippen MR) is 106 cm³/mol. The summed E-state index contributed by atoms with van der Waals surface area (Å²) in [5.74, 6) is 1.11. The van der Waals surface area contributed by atoms with Crippen LogP contribution in [0.2, 0.25) is 0 Å². The van der Waals surface area contributed by atoms with Gasteiger partial charge in [-0.3, -0.25) is 9.78 Å². The number of Topliss-reactive ketones (excluding diaryl/α,β-unsaturated/α-hetero) is 1. The SMILES string of the molecule is COc1ccc(C(=O)C(=Cc2cccnc2)c2nc3ccccc3[nH]2)cc1. The lowest BCUT2D eigenvalue weighted by Gasteiger charge is -2.06. The first kappa shape index (κ1) is 16.7. The van der Waals surface area contributed by atoms with Gasteiger partial charge >= 0.3 is 0 Å². The Labute approximate surface area is 156 Å². The molecule has 0 atom stereocenters. The number of ether oxygens (including phenoxy) is 1. The average Bonchev–Trinajstić information content (AvgIpc) is 3.16. The Kier molecular flexibility index (Phi) is 4.49. The smallest absolute Gasteiger partial charge is 0.196 e. The van der Waals surface area contributed by atoms with Crippen molar-refractivity contribution in [3.63, 3.8) is 0 Å². The number of hydrogen-bond donors (Lipinski definition) is 1. The minimum atomic E-state index is -0.124. The maximum atomic E-state index is 13.2. The zero-order valence-electron chi connectivity index (χ0n) is 14.7. The normalized spacial score (nSPS) is 11.5. The van der Waals surface area contributed by atoms with Gasteiger partial charge in [-0.1, -0.05) is 18.2 Å². The Bertz CT molecular complexity index is 1080. The highest BCUT2D eigenvalue weighted by atomic mass is 16.5. The summed E-state index contributed by atoms with van der Waals surface area (Å²) in [5.41, 5.74) is 3.56. The van der Waals surface area contributed by atoms with Gasteiger partial charge in [0.1, 0.15) is 11.6 Å². The number of hydrogen-bond acceptors (Lipinski definition) is 4. The summed E-state index contributed by atoms with van der Waals surface area (Å²) < 4.78 is 5.18. The Morgan fingerprint density at radius 1 is 1.04 bits per heavy atom. The van der Waals surface area contributed by atoms with Crippen molar-refractivity contribution >= 4 is 28.5 Å². The van der Waals surface area contributed by atoms with Gasteiger partial charge in [0, 0.05) is 18.0 Å². The van der Waals surface area contributed by atoms with Gasteiger partial charge in [0.15, 0.2) is 5.78 Å². The number of ketones is 1. The Morgan fingerprint density at radius 2 is 1.85 bits per heavy atom. The molecule has 1 N–H and O–H groups in total. The van der Waals surface area contributed by atoms with Crippen LogP contribution >= 0.6 is 0 Å². The maximum absolute atomic E-state index is 13.2. The van der Waals surface area contributed by atoms with Gasteiger partial charge in [-0.05, 0) is 54.1 Å². The van der Waals surface area contributed by atoms with Crippen LogP contribution in [-0.4, -0.2) is 27.8 Å². The first-order valence-corrected chi connectivity index (χ1v) is 8.50. The molecule has 27 heavy (non-hydrogen) atoms. The fourth-order valence-electron chi connectivity index (χ4n) is 2.85. The van der Waals surface area contributed by atoms with E-state index in [0.29, 0.717) is 22.7 Å². The van der Waals surface area contributed by atoms with Gasteiger partial charge in [0.25, 0.3) is 0 Å². The number of allylic oxidation sites excluding steroid dienone is 1. The molecule has 5 nitrogen and oxygen atoms in total. The Hall–Kier alpha value is -3.73. The summed E-state index contributed by atoms with van der Waals surface area (Å²) in [7, 11) is 1.60. The second-order valence-electron chi connectivity index (χ2n) is 6.00. The van der Waals surface area contributed by atoms with E-state index in [2.05, 4.69) is 15.0 Å². The quantitative estimate of drug-likeness (QED) is 0.426. The van der Waals surface area contributed by atoms with E-state index >= 15 is 0 Å². The molecule has 0 amide bonds. The lowest BCUT2D eigenvalue weighted by molar-refractivity contribution is 0.105. The summed E-state index contributed by atoms with van der Waals surface area (Å²) in [6.07, 6.45) is 5.21. The molecule has 4 rings (SSSR count). The standard InChI is InChI=1S/C22H17N3O2/c1-27-17-10-8-16(9-11-17)21(26)18(13-15-5-4-12-23-14-15)22-24-19-6-2-3-7-20(19)25-22/h2-14H,1H3,(H,24,25). The molecule has 0 fully saturated rings. The van der Waals surface area contributed by atoms with E-state index in [1.165, 1.54) is 0 Å². The number of carbonyl (C=O) groups excluding carboxylic acids is 1. The highest BCUT2D eigenvalue weighted by molar-refractivity contribution is 6.31. The number of carbonyl (C=O) groups is 1. The first-order valence-electron chi connectivity index (χ1n) is 8.50. The van der Waals surface area contributed by atoms with Crippen molar-refractivity contribution in [3.8, 4) is 5.75 Å². The van der Waals surface area contributed by atoms with Crippen molar-refractivity contribution in [1.29, 1.82) is 0 Å².